The summed E-state index contributed by atoms with van der Waals surface area (Å²) in [7, 11) is 3.22. The molecule has 2 aromatic rings. The van der Waals surface area contributed by atoms with Gasteiger partial charge in [-0.15, -0.1) is 0 Å². The van der Waals surface area contributed by atoms with Gasteiger partial charge in [-0.3, -0.25) is 9.59 Å². The molecular weight excluding hydrogens is 352 g/mol. The normalized spacial score (nSPS) is 11.6. The maximum atomic E-state index is 13.2. The highest BCUT2D eigenvalue weighted by molar-refractivity contribution is 5.88. The van der Waals surface area contributed by atoms with E-state index in [2.05, 4.69) is 12.2 Å². The van der Waals surface area contributed by atoms with Gasteiger partial charge in [0.1, 0.15) is 11.8 Å². The average Bonchev–Trinajstić information content (AvgIpc) is 2.70. The van der Waals surface area contributed by atoms with Crippen LogP contribution in [-0.4, -0.2) is 36.9 Å². The van der Waals surface area contributed by atoms with Crippen LogP contribution < -0.4 is 10.1 Å². The maximum Gasteiger partial charge on any atom is 0.242 e. The quantitative estimate of drug-likeness (QED) is 0.761. The Morgan fingerprint density at radius 3 is 2.21 bits per heavy atom. The van der Waals surface area contributed by atoms with Gasteiger partial charge in [0.2, 0.25) is 11.8 Å². The zero-order valence-corrected chi connectivity index (χ0v) is 17.4. The second kappa shape index (κ2) is 9.93. The first-order valence-electron chi connectivity index (χ1n) is 9.59. The fourth-order valence-corrected chi connectivity index (χ4v) is 3.20. The first-order valence-corrected chi connectivity index (χ1v) is 9.59. The molecule has 2 rings (SSSR count). The molecule has 0 saturated heterocycles. The van der Waals surface area contributed by atoms with E-state index in [1.165, 1.54) is 5.56 Å². The molecule has 0 aliphatic heterocycles. The molecule has 150 valence electrons. The molecule has 2 amide bonds. The zero-order chi connectivity index (χ0) is 20.7. The van der Waals surface area contributed by atoms with Crippen molar-refractivity contribution in [3.05, 3.63) is 64.7 Å². The number of aryl methyl sites for hydroxylation is 2. The van der Waals surface area contributed by atoms with Gasteiger partial charge in [0, 0.05) is 13.6 Å². The number of nitrogens with one attached hydrogen (secondary N) is 1. The third-order valence-electron chi connectivity index (χ3n) is 5.07. The number of amides is 2. The summed E-state index contributed by atoms with van der Waals surface area (Å²) < 4.78 is 5.20. The van der Waals surface area contributed by atoms with E-state index in [-0.39, 0.29) is 18.2 Å². The maximum absolute atomic E-state index is 13.2. The Morgan fingerprint density at radius 2 is 1.68 bits per heavy atom. The van der Waals surface area contributed by atoms with Crippen molar-refractivity contribution in [1.29, 1.82) is 0 Å². The molecule has 0 heterocycles. The summed E-state index contributed by atoms with van der Waals surface area (Å²) in [5.41, 5.74) is 4.27. The Labute approximate surface area is 167 Å². The lowest BCUT2D eigenvalue weighted by molar-refractivity contribution is -0.140. The van der Waals surface area contributed by atoms with E-state index in [1.807, 2.05) is 56.3 Å². The molecule has 0 spiro atoms. The lowest BCUT2D eigenvalue weighted by atomic mass is 10.0. The summed E-state index contributed by atoms with van der Waals surface area (Å²) in [4.78, 5) is 27.3. The minimum atomic E-state index is -0.508. The number of methoxy groups -OCH3 is 1. The Kier molecular flexibility index (Phi) is 7.61. The second-order valence-corrected chi connectivity index (χ2v) is 7.00. The number of nitrogens with zero attached hydrogens (tertiary/aromatic N) is 1. The van der Waals surface area contributed by atoms with Crippen molar-refractivity contribution in [3.8, 4) is 5.75 Å². The van der Waals surface area contributed by atoms with Crippen molar-refractivity contribution < 1.29 is 14.3 Å². The van der Waals surface area contributed by atoms with E-state index in [9.17, 15) is 9.59 Å². The fourth-order valence-electron chi connectivity index (χ4n) is 3.20. The topological polar surface area (TPSA) is 58.6 Å². The van der Waals surface area contributed by atoms with Crippen molar-refractivity contribution in [2.75, 3.05) is 14.2 Å². The predicted octanol–water partition coefficient (Wildman–Crippen LogP) is 3.41. The van der Waals surface area contributed by atoms with Gasteiger partial charge in [0.25, 0.3) is 0 Å². The lowest BCUT2D eigenvalue weighted by Gasteiger charge is -2.30. The van der Waals surface area contributed by atoms with Crippen LogP contribution in [0.3, 0.4) is 0 Å². The third-order valence-corrected chi connectivity index (χ3v) is 5.07. The first kappa shape index (κ1) is 21.5. The minimum Gasteiger partial charge on any atom is -0.497 e. The Balaban J connectivity index is 2.28. The number of benzene rings is 2. The smallest absolute Gasteiger partial charge is 0.242 e. The van der Waals surface area contributed by atoms with Crippen LogP contribution in [-0.2, 0) is 22.6 Å². The summed E-state index contributed by atoms with van der Waals surface area (Å²) >= 11 is 0. The highest BCUT2D eigenvalue weighted by Crippen LogP contribution is 2.18. The molecule has 28 heavy (non-hydrogen) atoms. The largest absolute Gasteiger partial charge is 0.497 e. The number of likely N-dealkylation sites (N-methyl/N-ethyl adjacent to an activating group) is 1. The van der Waals surface area contributed by atoms with Gasteiger partial charge >= 0.3 is 0 Å². The average molecular weight is 383 g/mol. The lowest BCUT2D eigenvalue weighted by Crippen LogP contribution is -2.48. The Bertz CT molecular complexity index is 815. The van der Waals surface area contributed by atoms with E-state index < -0.39 is 6.04 Å². The van der Waals surface area contributed by atoms with E-state index in [0.29, 0.717) is 13.0 Å². The Morgan fingerprint density at radius 1 is 1.04 bits per heavy atom. The zero-order valence-electron chi connectivity index (χ0n) is 17.4. The molecule has 2 aromatic carbocycles. The van der Waals surface area contributed by atoms with E-state index >= 15 is 0 Å². The number of carbonyl (C=O) groups excluding carboxylic acids is 2. The molecule has 1 N–H and O–H groups in total. The van der Waals surface area contributed by atoms with Crippen LogP contribution in [0, 0.1) is 13.8 Å². The standard InChI is InChI=1S/C23H30N2O3/c1-6-21(23(27)24-4)25(15-18-9-11-20(28-5)12-10-18)22(26)14-19-8-7-16(2)17(3)13-19/h7-13,21H,6,14-15H2,1-5H3,(H,24,27). The van der Waals surface area contributed by atoms with Crippen LogP contribution in [0.4, 0.5) is 0 Å². The number of hydrogen-bond acceptors (Lipinski definition) is 3. The molecule has 1 unspecified atom stereocenters. The number of carbonyl (C=O) groups is 2. The highest BCUT2D eigenvalue weighted by atomic mass is 16.5. The number of rotatable bonds is 8. The van der Waals surface area contributed by atoms with Crippen molar-refractivity contribution >= 4 is 11.8 Å². The van der Waals surface area contributed by atoms with Gasteiger partial charge in [0.05, 0.1) is 13.5 Å². The monoisotopic (exact) mass is 382 g/mol. The second-order valence-electron chi connectivity index (χ2n) is 7.00. The van der Waals surface area contributed by atoms with Gasteiger partial charge in [-0.1, -0.05) is 37.3 Å². The molecule has 0 fully saturated rings. The van der Waals surface area contributed by atoms with E-state index in [1.54, 1.807) is 19.1 Å². The van der Waals surface area contributed by atoms with Gasteiger partial charge in [0.15, 0.2) is 0 Å². The van der Waals surface area contributed by atoms with Crippen LogP contribution in [0.1, 0.15) is 35.6 Å². The van der Waals surface area contributed by atoms with Gasteiger partial charge < -0.3 is 15.0 Å². The van der Waals surface area contributed by atoms with Crippen molar-refractivity contribution in [2.24, 2.45) is 0 Å². The molecule has 0 radical (unpaired) electrons. The van der Waals surface area contributed by atoms with Crippen molar-refractivity contribution in [3.63, 3.8) is 0 Å². The fraction of sp³-hybridized carbons (Fsp3) is 0.391. The van der Waals surface area contributed by atoms with Crippen LogP contribution in [0.5, 0.6) is 5.75 Å². The molecule has 5 nitrogen and oxygen atoms in total. The summed E-state index contributed by atoms with van der Waals surface area (Å²) in [5.74, 6) is 0.550. The molecule has 1 atom stereocenters. The van der Waals surface area contributed by atoms with Crippen molar-refractivity contribution in [1.82, 2.24) is 10.2 Å². The van der Waals surface area contributed by atoms with Gasteiger partial charge in [-0.2, -0.15) is 0 Å². The number of hydrogen-bond donors (Lipinski definition) is 1. The van der Waals surface area contributed by atoms with E-state index in [0.717, 1.165) is 22.4 Å². The number of ether oxygens (including phenoxy) is 1. The predicted molar refractivity (Wildman–Crippen MR) is 111 cm³/mol. The first-order chi connectivity index (χ1) is 13.4. The molecule has 0 aromatic heterocycles. The molecule has 0 saturated carbocycles. The minimum absolute atomic E-state index is 0.0606. The molecule has 5 heteroatoms. The molecule has 0 bridgehead atoms. The van der Waals surface area contributed by atoms with Crippen molar-refractivity contribution in [2.45, 2.75) is 46.2 Å². The highest BCUT2D eigenvalue weighted by Gasteiger charge is 2.28. The summed E-state index contributed by atoms with van der Waals surface area (Å²) in [6, 6.07) is 13.1. The Hall–Kier alpha value is -2.82. The molecule has 0 aliphatic rings. The van der Waals surface area contributed by atoms with Gasteiger partial charge in [-0.05, 0) is 54.7 Å². The SMILES string of the molecule is CCC(C(=O)NC)N(Cc1ccc(OC)cc1)C(=O)Cc1ccc(C)c(C)c1. The van der Waals surface area contributed by atoms with Crippen LogP contribution in [0.2, 0.25) is 0 Å². The summed E-state index contributed by atoms with van der Waals surface area (Å²) in [6.45, 7) is 6.39. The molecule has 0 aliphatic carbocycles. The van der Waals surface area contributed by atoms with E-state index in [4.69, 9.17) is 4.74 Å². The third kappa shape index (κ3) is 5.35. The summed E-state index contributed by atoms with van der Waals surface area (Å²) in [5, 5.41) is 2.68. The van der Waals surface area contributed by atoms with Crippen LogP contribution in [0.15, 0.2) is 42.5 Å². The molecular formula is C23H30N2O3. The van der Waals surface area contributed by atoms with Gasteiger partial charge in [-0.25, -0.2) is 0 Å². The van der Waals surface area contributed by atoms with Crippen LogP contribution in [0.25, 0.3) is 0 Å². The summed E-state index contributed by atoms with van der Waals surface area (Å²) in [6.07, 6.45) is 0.819. The van der Waals surface area contributed by atoms with Crippen LogP contribution >= 0.6 is 0 Å².